The maximum atomic E-state index is 10.4. The predicted octanol–water partition coefficient (Wildman–Crippen LogP) is -1.22. The van der Waals surface area contributed by atoms with Crippen molar-refractivity contribution >= 4 is 5.91 Å². The quantitative estimate of drug-likeness (QED) is 0.560. The van der Waals surface area contributed by atoms with Gasteiger partial charge in [-0.15, -0.1) is 5.10 Å². The molecular weight excluding hydrogens is 170 g/mol. The van der Waals surface area contributed by atoms with Crippen molar-refractivity contribution in [2.45, 2.75) is 13.0 Å². The Labute approximate surface area is 76.1 Å². The Morgan fingerprint density at radius 2 is 2.54 bits per heavy atom. The van der Waals surface area contributed by atoms with E-state index in [9.17, 15) is 4.79 Å². The van der Waals surface area contributed by atoms with Gasteiger partial charge in [-0.2, -0.15) is 0 Å². The van der Waals surface area contributed by atoms with E-state index in [-0.39, 0.29) is 5.91 Å². The van der Waals surface area contributed by atoms with Crippen LogP contribution in [0, 0.1) is 0 Å². The molecule has 1 aromatic rings. The fraction of sp³-hybridized carbons (Fsp3) is 0.571. The third kappa shape index (κ3) is 3.66. The van der Waals surface area contributed by atoms with Gasteiger partial charge in [0.2, 0.25) is 5.91 Å². The van der Waals surface area contributed by atoms with Gasteiger partial charge in [0.05, 0.1) is 5.69 Å². The zero-order chi connectivity index (χ0) is 9.68. The lowest BCUT2D eigenvalue weighted by Gasteiger charge is -1.98. The lowest BCUT2D eigenvalue weighted by Crippen LogP contribution is -2.21. The number of hydrogen-bond acceptors (Lipinski definition) is 4. The highest BCUT2D eigenvalue weighted by molar-refractivity contribution is 5.73. The van der Waals surface area contributed by atoms with Crippen molar-refractivity contribution in [2.75, 3.05) is 6.54 Å². The normalized spacial score (nSPS) is 10.2. The van der Waals surface area contributed by atoms with Crippen LogP contribution in [0.5, 0.6) is 0 Å². The Balaban J connectivity index is 2.16. The second-order valence-electron chi connectivity index (χ2n) is 2.78. The number of nitrogens with two attached hydrogens (primary N) is 1. The summed E-state index contributed by atoms with van der Waals surface area (Å²) in [6, 6.07) is 0. The van der Waals surface area contributed by atoms with Gasteiger partial charge in [-0.05, 0) is 0 Å². The third-order valence-electron chi connectivity index (χ3n) is 1.50. The number of rotatable bonds is 5. The predicted molar refractivity (Wildman–Crippen MR) is 46.5 cm³/mol. The van der Waals surface area contributed by atoms with E-state index in [2.05, 4.69) is 15.6 Å². The monoisotopic (exact) mass is 183 g/mol. The van der Waals surface area contributed by atoms with Gasteiger partial charge in [-0.3, -0.25) is 9.48 Å². The fourth-order valence-electron chi connectivity index (χ4n) is 0.904. The maximum absolute atomic E-state index is 10.4. The van der Waals surface area contributed by atoms with Gasteiger partial charge >= 0.3 is 0 Å². The summed E-state index contributed by atoms with van der Waals surface area (Å²) in [7, 11) is 1.81. The second-order valence-corrected chi connectivity index (χ2v) is 2.78. The smallest absolute Gasteiger partial charge is 0.218 e. The average molecular weight is 183 g/mol. The summed E-state index contributed by atoms with van der Waals surface area (Å²) >= 11 is 0. The first-order chi connectivity index (χ1) is 6.18. The van der Waals surface area contributed by atoms with Crippen LogP contribution in [0.4, 0.5) is 0 Å². The summed E-state index contributed by atoms with van der Waals surface area (Å²) in [5, 5.41) is 10.7. The molecule has 1 rings (SSSR count). The zero-order valence-electron chi connectivity index (χ0n) is 7.53. The number of amides is 1. The van der Waals surface area contributed by atoms with E-state index in [4.69, 9.17) is 5.73 Å². The molecule has 1 amide bonds. The van der Waals surface area contributed by atoms with E-state index in [1.807, 2.05) is 6.20 Å². The van der Waals surface area contributed by atoms with E-state index in [0.29, 0.717) is 19.5 Å². The Hall–Kier alpha value is -1.43. The lowest BCUT2D eigenvalue weighted by atomic mass is 10.4. The van der Waals surface area contributed by atoms with Gasteiger partial charge in [0.1, 0.15) is 0 Å². The molecule has 0 aliphatic rings. The van der Waals surface area contributed by atoms with Gasteiger partial charge in [0.25, 0.3) is 0 Å². The van der Waals surface area contributed by atoms with Crippen molar-refractivity contribution in [1.29, 1.82) is 0 Å². The van der Waals surface area contributed by atoms with Crippen molar-refractivity contribution in [3.63, 3.8) is 0 Å². The van der Waals surface area contributed by atoms with Gasteiger partial charge < -0.3 is 11.1 Å². The Kier molecular flexibility index (Phi) is 3.39. The standard InChI is InChI=1S/C7H13N5O/c1-12-5-6(10-11-12)4-9-3-2-7(8)13/h5,9H,2-4H2,1H3,(H2,8,13). The molecule has 72 valence electrons. The summed E-state index contributed by atoms with van der Waals surface area (Å²) in [5.41, 5.74) is 5.82. The minimum absolute atomic E-state index is 0.299. The van der Waals surface area contributed by atoms with Crippen molar-refractivity contribution in [2.24, 2.45) is 12.8 Å². The number of hydrogen-bond donors (Lipinski definition) is 2. The van der Waals surface area contributed by atoms with E-state index < -0.39 is 0 Å². The van der Waals surface area contributed by atoms with Gasteiger partial charge in [-0.1, -0.05) is 5.21 Å². The molecule has 13 heavy (non-hydrogen) atoms. The van der Waals surface area contributed by atoms with Crippen LogP contribution in [0.25, 0.3) is 0 Å². The number of nitrogens with one attached hydrogen (secondary N) is 1. The van der Waals surface area contributed by atoms with Crippen molar-refractivity contribution in [1.82, 2.24) is 20.3 Å². The number of aryl methyl sites for hydroxylation is 1. The first-order valence-electron chi connectivity index (χ1n) is 4.02. The van der Waals surface area contributed by atoms with Crippen LogP contribution in [-0.2, 0) is 18.4 Å². The minimum Gasteiger partial charge on any atom is -0.370 e. The molecule has 0 atom stereocenters. The van der Waals surface area contributed by atoms with E-state index in [0.717, 1.165) is 5.69 Å². The molecule has 0 aliphatic heterocycles. The van der Waals surface area contributed by atoms with Crippen molar-refractivity contribution < 1.29 is 4.79 Å². The highest BCUT2D eigenvalue weighted by atomic mass is 16.1. The van der Waals surface area contributed by atoms with E-state index in [1.54, 1.807) is 11.7 Å². The molecule has 0 spiro atoms. The highest BCUT2D eigenvalue weighted by Crippen LogP contribution is 1.89. The molecule has 0 unspecified atom stereocenters. The second kappa shape index (κ2) is 4.56. The lowest BCUT2D eigenvalue weighted by molar-refractivity contribution is -0.117. The van der Waals surface area contributed by atoms with Crippen LogP contribution in [0.1, 0.15) is 12.1 Å². The Bertz CT molecular complexity index is 282. The molecule has 0 bridgehead atoms. The molecule has 1 heterocycles. The molecular formula is C7H13N5O. The van der Waals surface area contributed by atoms with Crippen LogP contribution in [0.3, 0.4) is 0 Å². The van der Waals surface area contributed by atoms with Crippen molar-refractivity contribution in [3.05, 3.63) is 11.9 Å². The molecule has 0 aliphatic carbocycles. The van der Waals surface area contributed by atoms with Crippen LogP contribution < -0.4 is 11.1 Å². The highest BCUT2D eigenvalue weighted by Gasteiger charge is 1.97. The topological polar surface area (TPSA) is 85.8 Å². The van der Waals surface area contributed by atoms with E-state index in [1.165, 1.54) is 0 Å². The number of carbonyl (C=O) groups is 1. The first-order valence-corrected chi connectivity index (χ1v) is 4.02. The molecule has 0 saturated heterocycles. The van der Waals surface area contributed by atoms with Crippen molar-refractivity contribution in [3.8, 4) is 0 Å². The molecule has 0 saturated carbocycles. The molecule has 0 aromatic carbocycles. The molecule has 1 aromatic heterocycles. The molecule has 3 N–H and O–H groups in total. The zero-order valence-corrected chi connectivity index (χ0v) is 7.53. The first kappa shape index (κ1) is 9.66. The number of nitrogens with zero attached hydrogens (tertiary/aromatic N) is 3. The Morgan fingerprint density at radius 1 is 1.77 bits per heavy atom. The summed E-state index contributed by atoms with van der Waals surface area (Å²) in [6.07, 6.45) is 2.16. The van der Waals surface area contributed by atoms with Crippen LogP contribution in [0.15, 0.2) is 6.20 Å². The van der Waals surface area contributed by atoms with Crippen LogP contribution in [-0.4, -0.2) is 27.4 Å². The van der Waals surface area contributed by atoms with Crippen LogP contribution in [0.2, 0.25) is 0 Å². The number of carbonyl (C=O) groups excluding carboxylic acids is 1. The van der Waals surface area contributed by atoms with Gasteiger partial charge in [0.15, 0.2) is 0 Å². The third-order valence-corrected chi connectivity index (χ3v) is 1.50. The van der Waals surface area contributed by atoms with Crippen LogP contribution >= 0.6 is 0 Å². The number of aromatic nitrogens is 3. The molecule has 6 nitrogen and oxygen atoms in total. The summed E-state index contributed by atoms with van der Waals surface area (Å²) in [4.78, 5) is 10.4. The Morgan fingerprint density at radius 3 is 3.08 bits per heavy atom. The molecule has 0 fully saturated rings. The summed E-state index contributed by atoms with van der Waals surface area (Å²) in [6.45, 7) is 1.19. The van der Waals surface area contributed by atoms with E-state index >= 15 is 0 Å². The number of primary amides is 1. The van der Waals surface area contributed by atoms with Gasteiger partial charge in [-0.25, -0.2) is 0 Å². The average Bonchev–Trinajstić information content (AvgIpc) is 2.45. The minimum atomic E-state index is -0.299. The summed E-state index contributed by atoms with van der Waals surface area (Å²) in [5.74, 6) is -0.299. The summed E-state index contributed by atoms with van der Waals surface area (Å²) < 4.78 is 1.63. The SMILES string of the molecule is Cn1cc(CNCCC(N)=O)nn1. The molecule has 0 radical (unpaired) electrons. The van der Waals surface area contributed by atoms with Gasteiger partial charge in [0, 0.05) is 32.8 Å². The maximum Gasteiger partial charge on any atom is 0.218 e. The fourth-order valence-corrected chi connectivity index (χ4v) is 0.904. The largest absolute Gasteiger partial charge is 0.370 e. The molecule has 6 heteroatoms.